The first kappa shape index (κ1) is 29.3. The zero-order chi connectivity index (χ0) is 24.2. The summed E-state index contributed by atoms with van der Waals surface area (Å²) < 4.78 is 144. The highest BCUT2D eigenvalue weighted by Gasteiger charge is 2.53. The van der Waals surface area contributed by atoms with E-state index in [1.807, 2.05) is 0 Å². The molecule has 0 bridgehead atoms. The van der Waals surface area contributed by atoms with Crippen molar-refractivity contribution in [1.29, 1.82) is 0 Å². The molecule has 1 atom stereocenters. The Morgan fingerprint density at radius 1 is 0.613 bits per heavy atom. The molecular weight excluding hydrogens is 536 g/mol. The summed E-state index contributed by atoms with van der Waals surface area (Å²) in [5.41, 5.74) is 0. The number of rotatable bonds is 6. The molecule has 1 unspecified atom stereocenters. The Hall–Kier alpha value is 0.254. The number of halogens is 9. The van der Waals surface area contributed by atoms with Gasteiger partial charge in [0.2, 0.25) is 0 Å². The highest BCUT2D eigenvalue weighted by molar-refractivity contribution is 6.87. The molecule has 1 rings (SSSR count). The van der Waals surface area contributed by atoms with Gasteiger partial charge in [-0.1, -0.05) is 0 Å². The summed E-state index contributed by atoms with van der Waals surface area (Å²) in [6, 6.07) is -2.47. The number of alkyl halides is 9. The van der Waals surface area contributed by atoms with Crippen molar-refractivity contribution in [3.8, 4) is 0 Å². The molecule has 1 aliphatic heterocycles. The fraction of sp³-hybridized carbons (Fsp3) is 1.00. The van der Waals surface area contributed by atoms with E-state index in [1.165, 1.54) is 19.6 Å². The molecule has 19 heteroatoms. The summed E-state index contributed by atoms with van der Waals surface area (Å²) in [6.45, 7) is 4.25. The van der Waals surface area contributed by atoms with E-state index in [2.05, 4.69) is 0 Å². The van der Waals surface area contributed by atoms with Gasteiger partial charge in [-0.15, -0.1) is 0 Å². The molecule has 0 saturated carbocycles. The van der Waals surface area contributed by atoms with Crippen molar-refractivity contribution >= 4 is 45.7 Å². The van der Waals surface area contributed by atoms with Crippen molar-refractivity contribution in [3.63, 3.8) is 0 Å². The van der Waals surface area contributed by atoms with E-state index in [4.69, 9.17) is 20.6 Å². The van der Waals surface area contributed by atoms with Crippen molar-refractivity contribution in [3.05, 3.63) is 0 Å². The number of hydrogen-bond donors (Lipinski definition) is 0. The smallest absolute Gasteiger partial charge is 0.389 e. The van der Waals surface area contributed by atoms with Gasteiger partial charge in [0.15, 0.2) is 0 Å². The molecular formula is C12H25F9O5Si5. The maximum Gasteiger partial charge on any atom is 0.389 e. The van der Waals surface area contributed by atoms with Crippen LogP contribution in [0.25, 0.3) is 0 Å². The summed E-state index contributed by atoms with van der Waals surface area (Å²) in [5, 5.41) is 0. The first-order valence-corrected chi connectivity index (χ1v) is 19.1. The Bertz CT molecular complexity index is 557. The standard InChI is InChI=1S/C12H25F9O5Si5/c1-29(2)23-27-22-28-24-31(8-5-11(16,17)18,9-6-12(19,20)21)26-30(3,25-29)7-4-10(13,14)15/h4-9,27-28H2,1-3H3. The topological polar surface area (TPSA) is 46.2 Å². The van der Waals surface area contributed by atoms with Crippen molar-refractivity contribution < 1.29 is 60.1 Å². The second kappa shape index (κ2) is 10.7. The summed E-state index contributed by atoms with van der Waals surface area (Å²) in [7, 11) is -15.1. The predicted octanol–water partition coefficient (Wildman–Crippen LogP) is 4.15. The Balaban J connectivity index is 3.31. The van der Waals surface area contributed by atoms with E-state index in [0.717, 1.165) is 0 Å². The van der Waals surface area contributed by atoms with Gasteiger partial charge in [-0.05, 0) is 37.8 Å². The lowest BCUT2D eigenvalue weighted by Crippen LogP contribution is -2.60. The molecule has 0 radical (unpaired) electrons. The van der Waals surface area contributed by atoms with Crippen LogP contribution < -0.4 is 0 Å². The zero-order valence-corrected chi connectivity index (χ0v) is 22.9. The van der Waals surface area contributed by atoms with Crippen LogP contribution in [0.15, 0.2) is 0 Å². The fourth-order valence-electron chi connectivity index (χ4n) is 2.87. The molecule has 1 saturated heterocycles. The van der Waals surface area contributed by atoms with Crippen molar-refractivity contribution in [1.82, 2.24) is 0 Å². The van der Waals surface area contributed by atoms with Crippen LogP contribution >= 0.6 is 0 Å². The quantitative estimate of drug-likeness (QED) is 0.361. The fourth-order valence-corrected chi connectivity index (χ4v) is 21.8. The molecule has 0 aromatic heterocycles. The van der Waals surface area contributed by atoms with Crippen LogP contribution in [0, 0.1) is 0 Å². The van der Waals surface area contributed by atoms with Crippen LogP contribution in [0.3, 0.4) is 0 Å². The largest absolute Gasteiger partial charge is 0.425 e. The first-order valence-electron chi connectivity index (χ1n) is 9.20. The van der Waals surface area contributed by atoms with Gasteiger partial charge in [0.05, 0.1) is 0 Å². The molecule has 186 valence electrons. The third-order valence-corrected chi connectivity index (χ3v) is 21.5. The molecule has 1 heterocycles. The maximum absolute atomic E-state index is 12.9. The van der Waals surface area contributed by atoms with Gasteiger partial charge in [-0.2, -0.15) is 39.5 Å². The van der Waals surface area contributed by atoms with E-state index in [-0.39, 0.29) is 0 Å². The SMILES string of the molecule is C[Si]1(C)O[SiH2]O[SiH2]O[Si](CCC(F)(F)F)(CCC(F)(F)F)O[Si](C)(CCC(F)(F)F)O1. The number of hydrogen-bond acceptors (Lipinski definition) is 5. The van der Waals surface area contributed by atoms with Crippen LogP contribution in [0.2, 0.25) is 37.8 Å². The van der Waals surface area contributed by atoms with E-state index in [1.54, 1.807) is 0 Å². The minimum Gasteiger partial charge on any atom is -0.425 e. The summed E-state index contributed by atoms with van der Waals surface area (Å²) >= 11 is 0. The molecule has 1 aliphatic rings. The molecule has 1 fully saturated rings. The molecule has 0 aromatic rings. The zero-order valence-electron chi connectivity index (χ0n) is 17.1. The monoisotopic (exact) mass is 560 g/mol. The summed E-state index contributed by atoms with van der Waals surface area (Å²) in [6.07, 6.45) is -18.3. The van der Waals surface area contributed by atoms with Gasteiger partial charge < -0.3 is 20.6 Å². The van der Waals surface area contributed by atoms with Gasteiger partial charge in [-0.3, -0.25) is 0 Å². The van der Waals surface area contributed by atoms with Crippen LogP contribution in [0.5, 0.6) is 0 Å². The highest BCUT2D eigenvalue weighted by atomic mass is 28.5. The third-order valence-electron chi connectivity index (χ3n) is 4.20. The highest BCUT2D eigenvalue weighted by Crippen LogP contribution is 2.38. The summed E-state index contributed by atoms with van der Waals surface area (Å²) in [5.74, 6) is 0. The minimum atomic E-state index is -4.71. The molecule has 0 N–H and O–H groups in total. The molecule has 0 spiro atoms. The average molecular weight is 561 g/mol. The Morgan fingerprint density at radius 3 is 1.48 bits per heavy atom. The molecule has 0 amide bonds. The molecule has 0 aliphatic carbocycles. The van der Waals surface area contributed by atoms with Crippen LogP contribution in [-0.2, 0) is 20.6 Å². The normalized spacial score (nSPS) is 27.5. The molecule has 5 nitrogen and oxygen atoms in total. The van der Waals surface area contributed by atoms with E-state index in [0.29, 0.717) is 0 Å². The summed E-state index contributed by atoms with van der Waals surface area (Å²) in [4.78, 5) is 0. The van der Waals surface area contributed by atoms with E-state index >= 15 is 0 Å². The maximum atomic E-state index is 12.9. The van der Waals surface area contributed by atoms with Gasteiger partial charge in [0, 0.05) is 19.3 Å². The van der Waals surface area contributed by atoms with Crippen molar-refractivity contribution in [2.75, 3.05) is 0 Å². The third kappa shape index (κ3) is 12.9. The van der Waals surface area contributed by atoms with Gasteiger partial charge in [0.1, 0.15) is 0 Å². The van der Waals surface area contributed by atoms with Crippen LogP contribution in [0.1, 0.15) is 19.3 Å². The predicted molar refractivity (Wildman–Crippen MR) is 104 cm³/mol. The first-order chi connectivity index (χ1) is 13.7. The molecule has 0 aromatic carbocycles. The average Bonchev–Trinajstić information content (AvgIpc) is 2.53. The van der Waals surface area contributed by atoms with Gasteiger partial charge in [-0.25, -0.2) is 0 Å². The minimum absolute atomic E-state index is 0.698. The lowest BCUT2D eigenvalue weighted by atomic mass is 10.5. The lowest BCUT2D eigenvalue weighted by Gasteiger charge is -2.43. The second-order valence-corrected chi connectivity index (χ2v) is 22.2. The van der Waals surface area contributed by atoms with Crippen molar-refractivity contribution in [2.24, 2.45) is 0 Å². The Morgan fingerprint density at radius 2 is 1.03 bits per heavy atom. The van der Waals surface area contributed by atoms with Crippen molar-refractivity contribution in [2.45, 2.75) is 75.6 Å². The van der Waals surface area contributed by atoms with Crippen LogP contribution in [0.4, 0.5) is 39.5 Å². The van der Waals surface area contributed by atoms with Gasteiger partial charge >= 0.3 is 44.2 Å². The van der Waals surface area contributed by atoms with E-state index < -0.39 is 102 Å². The Kier molecular flexibility index (Phi) is 10.1. The van der Waals surface area contributed by atoms with Crippen LogP contribution in [-0.4, -0.2) is 64.2 Å². The van der Waals surface area contributed by atoms with E-state index in [9.17, 15) is 39.5 Å². The lowest BCUT2D eigenvalue weighted by molar-refractivity contribution is -0.133. The molecule has 31 heavy (non-hydrogen) atoms. The van der Waals surface area contributed by atoms with Gasteiger partial charge in [0.25, 0.3) is 20.0 Å². The second-order valence-electron chi connectivity index (χ2n) is 7.72. The Labute approximate surface area is 181 Å².